The molecule has 1 N–H and O–H groups in total. The minimum absolute atomic E-state index is 0.0519. The summed E-state index contributed by atoms with van der Waals surface area (Å²) in [6.07, 6.45) is 2.08. The molecule has 0 heterocycles. The second kappa shape index (κ2) is 9.97. The number of benzene rings is 2. The molecule has 4 nitrogen and oxygen atoms in total. The fourth-order valence-electron chi connectivity index (χ4n) is 2.80. The highest BCUT2D eigenvalue weighted by Gasteiger charge is 2.16. The number of rotatable bonds is 8. The molecule has 0 spiro atoms. The molecule has 2 aromatic rings. The van der Waals surface area contributed by atoms with Gasteiger partial charge in [0.2, 0.25) is 11.8 Å². The van der Waals surface area contributed by atoms with Crippen LogP contribution in [0, 0.1) is 6.92 Å². The smallest absolute Gasteiger partial charge is 0.223 e. The van der Waals surface area contributed by atoms with Crippen molar-refractivity contribution >= 4 is 29.1 Å². The van der Waals surface area contributed by atoms with Crippen LogP contribution in [0.2, 0.25) is 5.02 Å². The number of hydrogen-bond donors (Lipinski definition) is 1. The first-order valence-electron chi connectivity index (χ1n) is 8.83. The van der Waals surface area contributed by atoms with Crippen molar-refractivity contribution < 1.29 is 9.59 Å². The van der Waals surface area contributed by atoms with Crippen molar-refractivity contribution in [1.82, 2.24) is 5.32 Å². The molecule has 0 bridgehead atoms. The minimum Gasteiger partial charge on any atom is -0.356 e. The number of hydrogen-bond acceptors (Lipinski definition) is 2. The van der Waals surface area contributed by atoms with Gasteiger partial charge in [0.05, 0.1) is 0 Å². The third kappa shape index (κ3) is 5.88. The fraction of sp³-hybridized carbons (Fsp3) is 0.333. The SMILES string of the molecule is CC(=O)N(CCC(=O)NCCCc1ccccc1)c1cccc(Cl)c1C. The average molecular weight is 373 g/mol. The fourth-order valence-corrected chi connectivity index (χ4v) is 2.97. The predicted octanol–water partition coefficient (Wildman–Crippen LogP) is 4.14. The molecule has 0 aliphatic rings. The summed E-state index contributed by atoms with van der Waals surface area (Å²) in [5.74, 6) is -0.156. The van der Waals surface area contributed by atoms with Crippen molar-refractivity contribution in [2.45, 2.75) is 33.1 Å². The summed E-state index contributed by atoms with van der Waals surface area (Å²) in [7, 11) is 0. The van der Waals surface area contributed by atoms with Crippen LogP contribution in [-0.4, -0.2) is 24.9 Å². The van der Waals surface area contributed by atoms with Gasteiger partial charge in [0, 0.05) is 37.1 Å². The van der Waals surface area contributed by atoms with Crippen molar-refractivity contribution in [2.75, 3.05) is 18.0 Å². The first-order chi connectivity index (χ1) is 12.5. The second-order valence-corrected chi connectivity index (χ2v) is 6.65. The van der Waals surface area contributed by atoms with E-state index in [1.54, 1.807) is 11.0 Å². The molecule has 0 unspecified atom stereocenters. The predicted molar refractivity (Wildman–Crippen MR) is 107 cm³/mol. The summed E-state index contributed by atoms with van der Waals surface area (Å²) < 4.78 is 0. The molecule has 5 heteroatoms. The highest BCUT2D eigenvalue weighted by atomic mass is 35.5. The van der Waals surface area contributed by atoms with Crippen LogP contribution in [0.4, 0.5) is 5.69 Å². The zero-order valence-corrected chi connectivity index (χ0v) is 16.1. The topological polar surface area (TPSA) is 49.4 Å². The molecule has 2 aromatic carbocycles. The van der Waals surface area contributed by atoms with Gasteiger partial charge in [-0.15, -0.1) is 0 Å². The Kier molecular flexibility index (Phi) is 7.67. The number of carbonyl (C=O) groups is 2. The number of anilines is 1. The van der Waals surface area contributed by atoms with Crippen LogP contribution in [0.1, 0.15) is 30.9 Å². The highest BCUT2D eigenvalue weighted by molar-refractivity contribution is 6.31. The lowest BCUT2D eigenvalue weighted by Crippen LogP contribution is -2.34. The van der Waals surface area contributed by atoms with Crippen molar-refractivity contribution in [1.29, 1.82) is 0 Å². The normalized spacial score (nSPS) is 10.4. The number of nitrogens with zero attached hydrogens (tertiary/aromatic N) is 1. The van der Waals surface area contributed by atoms with E-state index in [-0.39, 0.29) is 18.2 Å². The molecular weight excluding hydrogens is 348 g/mol. The van der Waals surface area contributed by atoms with Gasteiger partial charge in [0.1, 0.15) is 0 Å². The summed E-state index contributed by atoms with van der Waals surface area (Å²) in [6.45, 7) is 4.33. The zero-order valence-electron chi connectivity index (χ0n) is 15.3. The van der Waals surface area contributed by atoms with E-state index in [2.05, 4.69) is 17.4 Å². The van der Waals surface area contributed by atoms with E-state index in [4.69, 9.17) is 11.6 Å². The lowest BCUT2D eigenvalue weighted by atomic mass is 10.1. The molecule has 0 radical (unpaired) electrons. The van der Waals surface area contributed by atoms with Crippen molar-refractivity contribution in [3.05, 3.63) is 64.7 Å². The third-order valence-electron chi connectivity index (χ3n) is 4.28. The summed E-state index contributed by atoms with van der Waals surface area (Å²) in [4.78, 5) is 25.7. The van der Waals surface area contributed by atoms with Gasteiger partial charge in [-0.3, -0.25) is 9.59 Å². The van der Waals surface area contributed by atoms with Crippen LogP contribution in [0.15, 0.2) is 48.5 Å². The molecule has 0 saturated carbocycles. The van der Waals surface area contributed by atoms with Gasteiger partial charge in [0.25, 0.3) is 0 Å². The molecule has 2 amide bonds. The van der Waals surface area contributed by atoms with E-state index in [1.165, 1.54) is 12.5 Å². The summed E-state index contributed by atoms with van der Waals surface area (Å²) in [6, 6.07) is 15.6. The largest absolute Gasteiger partial charge is 0.356 e. The molecule has 26 heavy (non-hydrogen) atoms. The lowest BCUT2D eigenvalue weighted by Gasteiger charge is -2.23. The van der Waals surface area contributed by atoms with Crippen molar-refractivity contribution in [3.63, 3.8) is 0 Å². The quantitative estimate of drug-likeness (QED) is 0.708. The lowest BCUT2D eigenvalue weighted by molar-refractivity contribution is -0.121. The average Bonchev–Trinajstić information content (AvgIpc) is 2.63. The summed E-state index contributed by atoms with van der Waals surface area (Å²) in [5, 5.41) is 3.53. The number of halogens is 1. The Hall–Kier alpha value is -2.33. The molecule has 0 aromatic heterocycles. The molecular formula is C21H25ClN2O2. The van der Waals surface area contributed by atoms with Crippen LogP contribution in [0.25, 0.3) is 0 Å². The second-order valence-electron chi connectivity index (χ2n) is 6.24. The number of aryl methyl sites for hydroxylation is 1. The zero-order chi connectivity index (χ0) is 18.9. The standard InChI is InChI=1S/C21H25ClN2O2/c1-16-19(22)11-6-12-20(16)24(17(2)25)15-13-21(26)23-14-7-10-18-8-4-3-5-9-18/h3-6,8-9,11-12H,7,10,13-15H2,1-2H3,(H,23,26). The Morgan fingerprint density at radius 1 is 1.08 bits per heavy atom. The van der Waals surface area contributed by atoms with Gasteiger partial charge >= 0.3 is 0 Å². The first-order valence-corrected chi connectivity index (χ1v) is 9.20. The van der Waals surface area contributed by atoms with Gasteiger partial charge in [-0.25, -0.2) is 0 Å². The molecule has 0 saturated heterocycles. The van der Waals surface area contributed by atoms with E-state index >= 15 is 0 Å². The number of carbonyl (C=O) groups excluding carboxylic acids is 2. The molecule has 0 atom stereocenters. The van der Waals surface area contributed by atoms with Crippen LogP contribution in [-0.2, 0) is 16.0 Å². The van der Waals surface area contributed by atoms with Gasteiger partial charge in [-0.2, -0.15) is 0 Å². The Morgan fingerprint density at radius 3 is 2.50 bits per heavy atom. The van der Waals surface area contributed by atoms with Crippen LogP contribution >= 0.6 is 11.6 Å². The molecule has 138 valence electrons. The Labute approximate surface area is 160 Å². The van der Waals surface area contributed by atoms with Crippen LogP contribution in [0.5, 0.6) is 0 Å². The number of amides is 2. The molecule has 0 aliphatic heterocycles. The summed E-state index contributed by atoms with van der Waals surface area (Å²) >= 11 is 6.14. The molecule has 2 rings (SSSR count). The third-order valence-corrected chi connectivity index (χ3v) is 4.69. The number of nitrogens with one attached hydrogen (secondary N) is 1. The minimum atomic E-state index is -0.104. The Bertz CT molecular complexity index is 747. The maximum Gasteiger partial charge on any atom is 0.223 e. The van der Waals surface area contributed by atoms with Gasteiger partial charge < -0.3 is 10.2 Å². The van der Waals surface area contributed by atoms with Crippen molar-refractivity contribution in [3.8, 4) is 0 Å². The highest BCUT2D eigenvalue weighted by Crippen LogP contribution is 2.26. The molecule has 0 aliphatic carbocycles. The Morgan fingerprint density at radius 2 is 1.81 bits per heavy atom. The van der Waals surface area contributed by atoms with Gasteiger partial charge in [-0.05, 0) is 43.0 Å². The van der Waals surface area contributed by atoms with Crippen molar-refractivity contribution in [2.24, 2.45) is 0 Å². The van der Waals surface area contributed by atoms with Gasteiger partial charge in [0.15, 0.2) is 0 Å². The molecule has 0 fully saturated rings. The maximum atomic E-state index is 12.1. The van der Waals surface area contributed by atoms with E-state index in [9.17, 15) is 9.59 Å². The van der Waals surface area contributed by atoms with Gasteiger partial charge in [-0.1, -0.05) is 48.0 Å². The van der Waals surface area contributed by atoms with Crippen LogP contribution in [0.3, 0.4) is 0 Å². The Balaban J connectivity index is 1.80. The first kappa shape index (κ1) is 20.0. The van der Waals surface area contributed by atoms with E-state index in [1.807, 2.05) is 37.3 Å². The van der Waals surface area contributed by atoms with E-state index < -0.39 is 0 Å². The van der Waals surface area contributed by atoms with E-state index in [0.717, 1.165) is 24.1 Å². The maximum absolute atomic E-state index is 12.1. The monoisotopic (exact) mass is 372 g/mol. The summed E-state index contributed by atoms with van der Waals surface area (Å²) in [5.41, 5.74) is 2.86. The van der Waals surface area contributed by atoms with E-state index in [0.29, 0.717) is 18.1 Å². The van der Waals surface area contributed by atoms with Crippen LogP contribution < -0.4 is 10.2 Å².